The van der Waals surface area contributed by atoms with Gasteiger partial charge < -0.3 is 9.47 Å². The normalized spacial score (nSPS) is 10.3. The molecule has 0 spiro atoms. The van der Waals surface area contributed by atoms with Crippen LogP contribution in [0.4, 0.5) is 14.9 Å². The number of nitrogens with zero attached hydrogens (tertiary/aromatic N) is 1. The van der Waals surface area contributed by atoms with E-state index < -0.39 is 11.9 Å². The molecule has 0 aliphatic carbocycles. The number of anilines is 1. The fourth-order valence-corrected chi connectivity index (χ4v) is 2.55. The van der Waals surface area contributed by atoms with E-state index in [0.717, 1.165) is 6.07 Å². The van der Waals surface area contributed by atoms with Gasteiger partial charge in [-0.2, -0.15) is 0 Å². The maximum absolute atomic E-state index is 13.7. The van der Waals surface area contributed by atoms with Crippen LogP contribution in [0.25, 0.3) is 0 Å². The highest BCUT2D eigenvalue weighted by Crippen LogP contribution is 2.29. The number of aromatic nitrogens is 1. The van der Waals surface area contributed by atoms with Crippen LogP contribution in [0.2, 0.25) is 9.49 Å². The van der Waals surface area contributed by atoms with Crippen molar-refractivity contribution in [3.05, 3.63) is 38.5 Å². The number of hydrogen-bond acceptors (Lipinski definition) is 5. The number of rotatable bonds is 4. The number of benzene rings is 1. The number of ether oxygens (including phenoxy) is 2. The highest BCUT2D eigenvalue weighted by Gasteiger charge is 2.10. The molecular weight excluding hydrogens is 342 g/mol. The van der Waals surface area contributed by atoms with Gasteiger partial charge >= 0.3 is 6.09 Å². The van der Waals surface area contributed by atoms with E-state index in [1.165, 1.54) is 30.6 Å². The highest BCUT2D eigenvalue weighted by atomic mass is 35.5. The van der Waals surface area contributed by atoms with Gasteiger partial charge in [0.2, 0.25) is 0 Å². The van der Waals surface area contributed by atoms with Crippen LogP contribution < -0.4 is 10.1 Å². The summed E-state index contributed by atoms with van der Waals surface area (Å²) in [5.74, 6) is -0.363. The molecule has 21 heavy (non-hydrogen) atoms. The van der Waals surface area contributed by atoms with E-state index in [9.17, 15) is 9.18 Å². The maximum atomic E-state index is 13.7. The SMILES string of the molecule is COC(=O)Nc1ccc(OCc2nc(Cl)c(Cl)s2)cc1F. The van der Waals surface area contributed by atoms with Crippen LogP contribution in [0.3, 0.4) is 0 Å². The van der Waals surface area contributed by atoms with E-state index in [0.29, 0.717) is 9.34 Å². The van der Waals surface area contributed by atoms with Crippen molar-refractivity contribution in [3.8, 4) is 5.75 Å². The Kier molecular flexibility index (Phi) is 5.22. The first-order chi connectivity index (χ1) is 9.99. The summed E-state index contributed by atoms with van der Waals surface area (Å²) in [7, 11) is 1.19. The van der Waals surface area contributed by atoms with Crippen LogP contribution in [-0.2, 0) is 11.3 Å². The zero-order valence-corrected chi connectivity index (χ0v) is 13.0. The molecule has 112 valence electrons. The van der Waals surface area contributed by atoms with Crippen LogP contribution in [0.15, 0.2) is 18.2 Å². The Morgan fingerprint density at radius 3 is 2.81 bits per heavy atom. The quantitative estimate of drug-likeness (QED) is 0.890. The first kappa shape index (κ1) is 15.8. The number of methoxy groups -OCH3 is 1. The van der Waals surface area contributed by atoms with Crippen LogP contribution in [0.5, 0.6) is 5.75 Å². The fraction of sp³-hybridized carbons (Fsp3) is 0.167. The van der Waals surface area contributed by atoms with Crippen molar-refractivity contribution in [2.45, 2.75) is 6.61 Å². The molecule has 0 saturated heterocycles. The second-order valence-corrected chi connectivity index (χ2v) is 5.76. The molecular formula is C12H9Cl2FN2O3S. The maximum Gasteiger partial charge on any atom is 0.411 e. The molecule has 0 aliphatic heterocycles. The fourth-order valence-electron chi connectivity index (χ4n) is 1.38. The molecule has 1 N–H and O–H groups in total. The molecule has 0 radical (unpaired) electrons. The zero-order valence-electron chi connectivity index (χ0n) is 10.7. The van der Waals surface area contributed by atoms with Gasteiger partial charge in [-0.15, -0.1) is 11.3 Å². The average molecular weight is 351 g/mol. The van der Waals surface area contributed by atoms with E-state index in [4.69, 9.17) is 27.9 Å². The van der Waals surface area contributed by atoms with Crippen LogP contribution in [-0.4, -0.2) is 18.2 Å². The number of halogens is 3. The smallest absolute Gasteiger partial charge is 0.411 e. The van der Waals surface area contributed by atoms with Gasteiger partial charge in [-0.3, -0.25) is 5.32 Å². The molecule has 2 rings (SSSR count). The van der Waals surface area contributed by atoms with Crippen molar-refractivity contribution in [3.63, 3.8) is 0 Å². The average Bonchev–Trinajstić information content (AvgIpc) is 2.78. The van der Waals surface area contributed by atoms with E-state index in [-0.39, 0.29) is 23.2 Å². The Balaban J connectivity index is 2.01. The van der Waals surface area contributed by atoms with Gasteiger partial charge in [0, 0.05) is 6.07 Å². The van der Waals surface area contributed by atoms with Gasteiger partial charge in [-0.05, 0) is 12.1 Å². The Hall–Kier alpha value is -1.57. The molecule has 1 aromatic heterocycles. The van der Waals surface area contributed by atoms with Gasteiger partial charge in [-0.1, -0.05) is 23.2 Å². The number of thiazole rings is 1. The third-order valence-corrected chi connectivity index (χ3v) is 4.03. The van der Waals surface area contributed by atoms with Crippen LogP contribution in [0, 0.1) is 5.82 Å². The standard InChI is InChI=1S/C12H9Cl2FN2O3S/c1-19-12(18)16-8-3-2-6(4-7(8)15)20-5-9-17-10(13)11(14)21-9/h2-4H,5H2,1H3,(H,16,18). The number of hydrogen-bond donors (Lipinski definition) is 1. The molecule has 0 fully saturated rings. The second kappa shape index (κ2) is 6.93. The summed E-state index contributed by atoms with van der Waals surface area (Å²) >= 11 is 12.7. The third-order valence-electron chi connectivity index (χ3n) is 2.32. The molecule has 1 amide bonds. The minimum atomic E-state index is -0.755. The van der Waals surface area contributed by atoms with E-state index in [1.807, 2.05) is 0 Å². The van der Waals surface area contributed by atoms with E-state index in [2.05, 4.69) is 15.0 Å². The van der Waals surface area contributed by atoms with Gasteiger partial charge in [0.15, 0.2) is 11.0 Å². The van der Waals surface area contributed by atoms with Gasteiger partial charge in [0.25, 0.3) is 0 Å². The van der Waals surface area contributed by atoms with Crippen molar-refractivity contribution >= 4 is 46.3 Å². The largest absolute Gasteiger partial charge is 0.486 e. The summed E-state index contributed by atoms with van der Waals surface area (Å²) in [6.07, 6.45) is -0.755. The third kappa shape index (κ3) is 4.20. The Morgan fingerprint density at radius 1 is 1.48 bits per heavy atom. The number of amides is 1. The van der Waals surface area contributed by atoms with E-state index in [1.54, 1.807) is 0 Å². The zero-order chi connectivity index (χ0) is 15.4. The molecule has 1 aromatic carbocycles. The monoisotopic (exact) mass is 350 g/mol. The van der Waals surface area contributed by atoms with Crippen molar-refractivity contribution in [1.29, 1.82) is 0 Å². The van der Waals surface area contributed by atoms with Gasteiger partial charge in [0.05, 0.1) is 12.8 Å². The molecule has 0 atom stereocenters. The Bertz CT molecular complexity index is 646. The molecule has 0 aliphatic rings. The Morgan fingerprint density at radius 2 is 2.24 bits per heavy atom. The summed E-state index contributed by atoms with van der Waals surface area (Å²) in [4.78, 5) is 15.0. The van der Waals surface area contributed by atoms with Crippen LogP contribution in [0.1, 0.15) is 5.01 Å². The molecule has 9 heteroatoms. The minimum absolute atomic E-state index is 0.00506. The molecule has 0 saturated carbocycles. The summed E-state index contributed by atoms with van der Waals surface area (Å²) in [6.45, 7) is 0.111. The Labute approximate surface area is 133 Å². The molecule has 0 bridgehead atoms. The summed E-state index contributed by atoms with van der Waals surface area (Å²) in [5.41, 5.74) is -0.00506. The highest BCUT2D eigenvalue weighted by molar-refractivity contribution is 7.16. The topological polar surface area (TPSA) is 60.5 Å². The molecule has 5 nitrogen and oxygen atoms in total. The molecule has 2 aromatic rings. The van der Waals surface area contributed by atoms with Gasteiger partial charge in [0.1, 0.15) is 21.7 Å². The number of carbonyl (C=O) groups is 1. The first-order valence-corrected chi connectivity index (χ1v) is 7.15. The lowest BCUT2D eigenvalue weighted by molar-refractivity contribution is 0.186. The lowest BCUT2D eigenvalue weighted by Crippen LogP contribution is -2.12. The predicted octanol–water partition coefficient (Wildman–Crippen LogP) is 4.35. The van der Waals surface area contributed by atoms with Gasteiger partial charge in [-0.25, -0.2) is 14.2 Å². The van der Waals surface area contributed by atoms with Crippen molar-refractivity contribution in [2.75, 3.05) is 12.4 Å². The first-order valence-electron chi connectivity index (χ1n) is 5.57. The lowest BCUT2D eigenvalue weighted by Gasteiger charge is -2.08. The van der Waals surface area contributed by atoms with Crippen molar-refractivity contribution in [1.82, 2.24) is 4.98 Å². The summed E-state index contributed by atoms with van der Waals surface area (Å²) in [6, 6.07) is 4.01. The molecule has 0 unspecified atom stereocenters. The number of nitrogens with one attached hydrogen (secondary N) is 1. The second-order valence-electron chi connectivity index (χ2n) is 3.72. The van der Waals surface area contributed by atoms with Crippen LogP contribution >= 0.6 is 34.5 Å². The lowest BCUT2D eigenvalue weighted by atomic mass is 10.3. The summed E-state index contributed by atoms with van der Waals surface area (Å²) in [5, 5.41) is 3.02. The van der Waals surface area contributed by atoms with Crippen molar-refractivity contribution < 1.29 is 18.7 Å². The predicted molar refractivity (Wildman–Crippen MR) is 78.9 cm³/mol. The molecule has 1 heterocycles. The number of carbonyl (C=O) groups excluding carboxylic acids is 1. The van der Waals surface area contributed by atoms with E-state index >= 15 is 0 Å². The minimum Gasteiger partial charge on any atom is -0.486 e. The van der Waals surface area contributed by atoms with Crippen molar-refractivity contribution in [2.24, 2.45) is 0 Å². The summed E-state index contributed by atoms with van der Waals surface area (Å²) < 4.78 is 23.9.